The molecule has 7 nitrogen and oxygen atoms in total. The van der Waals surface area contributed by atoms with Crippen molar-refractivity contribution in [1.82, 2.24) is 24.6 Å². The van der Waals surface area contributed by atoms with Crippen LogP contribution < -0.4 is 9.47 Å². The summed E-state index contributed by atoms with van der Waals surface area (Å²) in [7, 11) is 0. The van der Waals surface area contributed by atoms with Gasteiger partial charge in [-0.3, -0.25) is 4.40 Å². The van der Waals surface area contributed by atoms with Gasteiger partial charge in [0.25, 0.3) is 0 Å². The van der Waals surface area contributed by atoms with Gasteiger partial charge in [0.1, 0.15) is 30.0 Å². The maximum absolute atomic E-state index is 14.7. The highest BCUT2D eigenvalue weighted by atomic mass is 35.5. The molecule has 0 bridgehead atoms. The third-order valence-electron chi connectivity index (χ3n) is 5.72. The quantitative estimate of drug-likeness (QED) is 0.465. The van der Waals surface area contributed by atoms with Crippen molar-refractivity contribution in [3.63, 3.8) is 0 Å². The molecule has 6 rings (SSSR count). The number of hydrogen-bond donors (Lipinski definition) is 0. The minimum Gasteiger partial charge on any atom is -0.493 e. The molecule has 5 heterocycles. The number of nitrogens with zero attached hydrogens (tertiary/aromatic N) is 5. The molecule has 0 saturated carbocycles. The van der Waals surface area contributed by atoms with Crippen LogP contribution >= 0.6 is 11.6 Å². The zero-order valence-corrected chi connectivity index (χ0v) is 16.4. The summed E-state index contributed by atoms with van der Waals surface area (Å²) in [5.41, 5.74) is 4.35. The van der Waals surface area contributed by atoms with E-state index in [0.29, 0.717) is 59.3 Å². The summed E-state index contributed by atoms with van der Waals surface area (Å²) >= 11 is 6.34. The second kappa shape index (κ2) is 6.63. The molecule has 0 N–H and O–H groups in total. The molecule has 0 amide bonds. The molecule has 4 aromatic rings. The van der Waals surface area contributed by atoms with Crippen LogP contribution in [0.3, 0.4) is 0 Å². The first-order valence-corrected chi connectivity index (χ1v) is 9.97. The lowest BCUT2D eigenvalue weighted by atomic mass is 9.93. The van der Waals surface area contributed by atoms with Gasteiger partial charge in [0, 0.05) is 11.8 Å². The lowest BCUT2D eigenvalue weighted by molar-refractivity contribution is 0.246. The average molecular weight is 424 g/mol. The number of rotatable bonds is 1. The molecule has 30 heavy (non-hydrogen) atoms. The molecule has 9 heteroatoms. The van der Waals surface area contributed by atoms with Gasteiger partial charge in [0.05, 0.1) is 41.1 Å². The van der Waals surface area contributed by atoms with Gasteiger partial charge in [-0.25, -0.2) is 14.4 Å². The number of aromatic nitrogens is 5. The summed E-state index contributed by atoms with van der Waals surface area (Å²) in [6.45, 7) is 0.849. The number of halogens is 2. The molecule has 1 atom stereocenters. The molecule has 150 valence electrons. The Morgan fingerprint density at radius 3 is 2.87 bits per heavy atom. The summed E-state index contributed by atoms with van der Waals surface area (Å²) < 4.78 is 28.6. The normalized spacial score (nSPS) is 17.3. The van der Waals surface area contributed by atoms with E-state index < -0.39 is 0 Å². The number of ether oxygens (including phenoxy) is 2. The van der Waals surface area contributed by atoms with Crippen LogP contribution in [0.5, 0.6) is 11.5 Å². The Balaban J connectivity index is 1.54. The van der Waals surface area contributed by atoms with Crippen molar-refractivity contribution in [1.29, 1.82) is 0 Å². The van der Waals surface area contributed by atoms with E-state index in [9.17, 15) is 4.39 Å². The molecule has 0 radical (unpaired) electrons. The molecular formula is C21H15ClFN5O2. The Labute approximate surface area is 175 Å². The minimum atomic E-state index is -0.211. The van der Waals surface area contributed by atoms with Crippen LogP contribution in [0.4, 0.5) is 4.39 Å². The average Bonchev–Trinajstić information content (AvgIpc) is 3.40. The molecule has 0 aliphatic carbocycles. The van der Waals surface area contributed by atoms with Gasteiger partial charge in [-0.05, 0) is 36.6 Å². The largest absolute Gasteiger partial charge is 0.493 e. The van der Waals surface area contributed by atoms with E-state index >= 15 is 0 Å². The lowest BCUT2D eigenvalue weighted by Crippen LogP contribution is -2.13. The summed E-state index contributed by atoms with van der Waals surface area (Å²) in [6, 6.07) is 5.06. The second-order valence-electron chi connectivity index (χ2n) is 7.37. The SMILES string of the molecule is Fc1ccc2c3c1CCc1c(cc(-c4ncncc4Cl)c4nncn14)OC[C@H]3CO2. The summed E-state index contributed by atoms with van der Waals surface area (Å²) in [6.07, 6.45) is 5.69. The Kier molecular flexibility index (Phi) is 3.89. The third-order valence-corrected chi connectivity index (χ3v) is 6.00. The minimum absolute atomic E-state index is 0.0284. The van der Waals surface area contributed by atoms with Crippen LogP contribution in [0, 0.1) is 5.82 Å². The van der Waals surface area contributed by atoms with Gasteiger partial charge < -0.3 is 9.47 Å². The number of pyridine rings is 1. The van der Waals surface area contributed by atoms with Crippen molar-refractivity contribution < 1.29 is 13.9 Å². The number of fused-ring (bicyclic) bond motifs is 3. The summed E-state index contributed by atoms with van der Waals surface area (Å²) in [4.78, 5) is 8.28. The van der Waals surface area contributed by atoms with E-state index in [1.807, 2.05) is 10.5 Å². The molecule has 0 saturated heterocycles. The highest BCUT2D eigenvalue weighted by molar-refractivity contribution is 6.33. The van der Waals surface area contributed by atoms with E-state index in [-0.39, 0.29) is 11.7 Å². The predicted octanol–water partition coefficient (Wildman–Crippen LogP) is 3.63. The molecule has 0 fully saturated rings. The predicted molar refractivity (Wildman–Crippen MR) is 107 cm³/mol. The molecule has 1 aromatic carbocycles. The van der Waals surface area contributed by atoms with Gasteiger partial charge >= 0.3 is 0 Å². The van der Waals surface area contributed by atoms with E-state index in [1.54, 1.807) is 12.4 Å². The Bertz CT molecular complexity index is 1310. The summed E-state index contributed by atoms with van der Waals surface area (Å²) in [5.74, 6) is 1.18. The smallest absolute Gasteiger partial charge is 0.170 e. The molecule has 0 unspecified atom stereocenters. The first-order chi connectivity index (χ1) is 14.7. The van der Waals surface area contributed by atoms with Gasteiger partial charge in [0.15, 0.2) is 5.65 Å². The first-order valence-electron chi connectivity index (χ1n) is 9.59. The monoisotopic (exact) mass is 423 g/mol. The fraction of sp³-hybridized carbons (Fsp3) is 0.238. The molecule has 3 aromatic heterocycles. The maximum atomic E-state index is 14.7. The third kappa shape index (κ3) is 2.56. The van der Waals surface area contributed by atoms with Crippen LogP contribution in [-0.2, 0) is 12.8 Å². The lowest BCUT2D eigenvalue weighted by Gasteiger charge is -2.16. The second-order valence-corrected chi connectivity index (χ2v) is 7.78. The van der Waals surface area contributed by atoms with Crippen molar-refractivity contribution in [2.75, 3.05) is 13.2 Å². The van der Waals surface area contributed by atoms with Crippen molar-refractivity contribution in [3.8, 4) is 22.8 Å². The van der Waals surface area contributed by atoms with E-state index in [2.05, 4.69) is 20.2 Å². The van der Waals surface area contributed by atoms with Crippen molar-refractivity contribution in [3.05, 3.63) is 64.7 Å². The van der Waals surface area contributed by atoms with Gasteiger partial charge in [-0.1, -0.05) is 11.6 Å². The van der Waals surface area contributed by atoms with Crippen molar-refractivity contribution in [2.24, 2.45) is 0 Å². The Morgan fingerprint density at radius 2 is 2.00 bits per heavy atom. The Hall–Kier alpha value is -3.26. The van der Waals surface area contributed by atoms with Crippen LogP contribution in [0.25, 0.3) is 16.9 Å². The number of aryl methyl sites for hydroxylation is 1. The number of hydrogen-bond acceptors (Lipinski definition) is 6. The molecular weight excluding hydrogens is 409 g/mol. The van der Waals surface area contributed by atoms with Gasteiger partial charge in [-0.2, -0.15) is 0 Å². The highest BCUT2D eigenvalue weighted by Crippen LogP contribution is 2.41. The fourth-order valence-corrected chi connectivity index (χ4v) is 4.56. The molecule has 0 spiro atoms. The standard InChI is InChI=1S/C21H15ClFN5O2/c22-14-6-24-9-25-20(14)13-5-18-16(28-10-26-27-21(13)28)3-1-12-15(23)2-4-17-19(12)11(7-29-17)8-30-18/h2,4-6,9-11H,1,3,7-8H2/t11-/m1/s1. The first kappa shape index (κ1) is 17.6. The van der Waals surface area contributed by atoms with Crippen molar-refractivity contribution in [2.45, 2.75) is 18.8 Å². The maximum Gasteiger partial charge on any atom is 0.170 e. The Morgan fingerprint density at radius 1 is 1.13 bits per heavy atom. The highest BCUT2D eigenvalue weighted by Gasteiger charge is 2.31. The van der Waals surface area contributed by atoms with E-state index in [0.717, 1.165) is 17.0 Å². The van der Waals surface area contributed by atoms with Gasteiger partial charge in [-0.15, -0.1) is 10.2 Å². The summed E-state index contributed by atoms with van der Waals surface area (Å²) in [5, 5.41) is 8.76. The van der Waals surface area contributed by atoms with E-state index in [1.165, 1.54) is 18.6 Å². The van der Waals surface area contributed by atoms with Gasteiger partial charge in [0.2, 0.25) is 0 Å². The zero-order chi connectivity index (χ0) is 20.2. The zero-order valence-electron chi connectivity index (χ0n) is 15.7. The van der Waals surface area contributed by atoms with Crippen LogP contribution in [0.2, 0.25) is 5.02 Å². The molecule has 2 aliphatic heterocycles. The van der Waals surface area contributed by atoms with Crippen molar-refractivity contribution >= 4 is 17.2 Å². The molecule has 2 aliphatic rings. The van der Waals surface area contributed by atoms with Crippen LogP contribution in [0.1, 0.15) is 22.7 Å². The number of benzene rings is 1. The van der Waals surface area contributed by atoms with Crippen LogP contribution in [-0.4, -0.2) is 37.8 Å². The topological polar surface area (TPSA) is 74.4 Å². The van der Waals surface area contributed by atoms with Crippen LogP contribution in [0.15, 0.2) is 37.1 Å². The fourth-order valence-electron chi connectivity index (χ4n) is 4.35. The van der Waals surface area contributed by atoms with E-state index in [4.69, 9.17) is 21.1 Å².